The highest BCUT2D eigenvalue weighted by molar-refractivity contribution is 6.21. The number of ether oxygens (including phenoxy) is 1. The van der Waals surface area contributed by atoms with Gasteiger partial charge in [-0.15, -0.1) is 11.6 Å². The fourth-order valence-corrected chi connectivity index (χ4v) is 6.64. The van der Waals surface area contributed by atoms with Gasteiger partial charge in [0.05, 0.1) is 5.50 Å². The lowest BCUT2D eigenvalue weighted by Crippen LogP contribution is -2.51. The van der Waals surface area contributed by atoms with Crippen LogP contribution in [0, 0.1) is 5.41 Å². The summed E-state index contributed by atoms with van der Waals surface area (Å²) < 4.78 is 11.6. The van der Waals surface area contributed by atoms with Gasteiger partial charge in [0.15, 0.2) is 5.82 Å². The Labute approximate surface area is 202 Å². The molecule has 184 valence electrons. The molecule has 2 unspecified atom stereocenters. The number of carbonyl (C=O) groups excluding carboxylic acids is 1. The van der Waals surface area contributed by atoms with Crippen LogP contribution in [0.3, 0.4) is 0 Å². The van der Waals surface area contributed by atoms with Crippen LogP contribution >= 0.6 is 11.6 Å². The Kier molecular flexibility index (Phi) is 6.90. The van der Waals surface area contributed by atoms with Crippen molar-refractivity contribution in [3.05, 3.63) is 11.7 Å². The van der Waals surface area contributed by atoms with Gasteiger partial charge in [-0.3, -0.25) is 0 Å². The summed E-state index contributed by atoms with van der Waals surface area (Å²) in [6, 6.07) is 0. The minimum atomic E-state index is -0.225. The molecule has 0 bridgehead atoms. The number of piperidine rings is 2. The first-order valence-corrected chi connectivity index (χ1v) is 13.6. The summed E-state index contributed by atoms with van der Waals surface area (Å²) in [4.78, 5) is 19.2. The average Bonchev–Trinajstić information content (AvgIpc) is 3.32. The van der Waals surface area contributed by atoms with E-state index >= 15 is 0 Å². The molecule has 0 aromatic carbocycles. The standard InChI is InChI=1S/C25H39ClN4O3/c1-24(13-14-24)32-23(31)30-16-9-18(10-17-30)20-28-21(33-29-20)19-8-15-27-22(26)25(19)11-6-4-2-3-5-7-12-25/h18-19,22,27H,2-17H2,1H3. The zero-order valence-electron chi connectivity index (χ0n) is 20.0. The maximum atomic E-state index is 12.4. The molecular formula is C25H39ClN4O3. The number of rotatable bonds is 3. The monoisotopic (exact) mass is 478 g/mol. The zero-order chi connectivity index (χ0) is 22.9. The van der Waals surface area contributed by atoms with Crippen LogP contribution < -0.4 is 5.32 Å². The van der Waals surface area contributed by atoms with E-state index in [9.17, 15) is 4.79 Å². The maximum Gasteiger partial charge on any atom is 0.410 e. The van der Waals surface area contributed by atoms with Crippen molar-refractivity contribution in [3.63, 3.8) is 0 Å². The van der Waals surface area contributed by atoms with E-state index in [1.807, 2.05) is 11.8 Å². The molecule has 2 aliphatic heterocycles. The first kappa shape index (κ1) is 23.4. The highest BCUT2D eigenvalue weighted by Crippen LogP contribution is 2.52. The molecule has 0 radical (unpaired) electrons. The van der Waals surface area contributed by atoms with Gasteiger partial charge in [0.25, 0.3) is 0 Å². The molecule has 5 rings (SSSR count). The SMILES string of the molecule is CC1(OC(=O)N2CCC(c3noc(C4CCNC(Cl)C45CCCCCCCC5)n3)CC2)CC1. The van der Waals surface area contributed by atoms with E-state index in [4.69, 9.17) is 25.8 Å². The number of hydrogen-bond acceptors (Lipinski definition) is 6. The second-order valence-corrected chi connectivity index (χ2v) is 11.5. The van der Waals surface area contributed by atoms with Crippen LogP contribution in [-0.2, 0) is 4.74 Å². The third-order valence-corrected chi connectivity index (χ3v) is 9.24. The molecule has 3 heterocycles. The Hall–Kier alpha value is -1.34. The number of amides is 1. The second kappa shape index (κ2) is 9.73. The van der Waals surface area contributed by atoms with Gasteiger partial charge in [0, 0.05) is 30.3 Å². The zero-order valence-corrected chi connectivity index (χ0v) is 20.7. The molecule has 1 N–H and O–H groups in total. The third-order valence-electron chi connectivity index (χ3n) is 8.65. The molecule has 4 aliphatic rings. The molecule has 4 fully saturated rings. The lowest BCUT2D eigenvalue weighted by atomic mass is 9.65. The van der Waals surface area contributed by atoms with Crippen molar-refractivity contribution in [2.45, 2.75) is 113 Å². The molecule has 2 atom stereocenters. The molecule has 2 saturated heterocycles. The lowest BCUT2D eigenvalue weighted by Gasteiger charge is -2.46. The molecule has 7 nitrogen and oxygen atoms in total. The topological polar surface area (TPSA) is 80.5 Å². The van der Waals surface area contributed by atoms with Gasteiger partial charge in [-0.25, -0.2) is 4.79 Å². The van der Waals surface area contributed by atoms with Crippen molar-refractivity contribution >= 4 is 17.7 Å². The number of likely N-dealkylation sites (tertiary alicyclic amines) is 1. The van der Waals surface area contributed by atoms with E-state index in [2.05, 4.69) is 10.5 Å². The van der Waals surface area contributed by atoms with Crippen LogP contribution in [0.4, 0.5) is 4.79 Å². The van der Waals surface area contributed by atoms with Crippen LogP contribution in [0.25, 0.3) is 0 Å². The predicted molar refractivity (Wildman–Crippen MR) is 126 cm³/mol. The van der Waals surface area contributed by atoms with Crippen molar-refractivity contribution in [1.82, 2.24) is 20.4 Å². The maximum absolute atomic E-state index is 12.4. The Balaban J connectivity index is 1.25. The molecule has 2 saturated carbocycles. The first-order valence-electron chi connectivity index (χ1n) is 13.2. The van der Waals surface area contributed by atoms with E-state index in [0.29, 0.717) is 13.1 Å². The number of hydrogen-bond donors (Lipinski definition) is 1. The number of aromatic nitrogens is 2. The molecule has 2 aliphatic carbocycles. The van der Waals surface area contributed by atoms with Gasteiger partial charge >= 0.3 is 6.09 Å². The summed E-state index contributed by atoms with van der Waals surface area (Å²) in [5.41, 5.74) is -0.287. The van der Waals surface area contributed by atoms with Gasteiger partial charge < -0.3 is 19.5 Å². The molecular weight excluding hydrogens is 440 g/mol. The van der Waals surface area contributed by atoms with Crippen molar-refractivity contribution in [2.24, 2.45) is 5.41 Å². The summed E-state index contributed by atoms with van der Waals surface area (Å²) in [5, 5.41) is 7.98. The van der Waals surface area contributed by atoms with Crippen LogP contribution in [-0.4, -0.2) is 51.9 Å². The molecule has 1 aromatic rings. The molecule has 1 amide bonds. The normalized spacial score (nSPS) is 30.3. The minimum Gasteiger partial charge on any atom is -0.443 e. The molecule has 1 aromatic heterocycles. The summed E-state index contributed by atoms with van der Waals surface area (Å²) in [6.45, 7) is 4.27. The van der Waals surface area contributed by atoms with Crippen molar-refractivity contribution < 1.29 is 14.1 Å². The van der Waals surface area contributed by atoms with E-state index in [-0.39, 0.29) is 34.4 Å². The summed E-state index contributed by atoms with van der Waals surface area (Å²) in [5.74, 6) is 2.03. The van der Waals surface area contributed by atoms with Crippen LogP contribution in [0.15, 0.2) is 4.52 Å². The second-order valence-electron chi connectivity index (χ2n) is 11.1. The highest BCUT2D eigenvalue weighted by Gasteiger charge is 2.49. The van der Waals surface area contributed by atoms with Gasteiger partial charge in [0.1, 0.15) is 5.60 Å². The summed E-state index contributed by atoms with van der Waals surface area (Å²) >= 11 is 6.98. The van der Waals surface area contributed by atoms with Crippen molar-refractivity contribution in [1.29, 1.82) is 0 Å². The van der Waals surface area contributed by atoms with Gasteiger partial charge in [0.2, 0.25) is 5.89 Å². The van der Waals surface area contributed by atoms with Gasteiger partial charge in [-0.2, -0.15) is 4.98 Å². The fourth-order valence-electron chi connectivity index (χ4n) is 6.16. The van der Waals surface area contributed by atoms with Crippen LogP contribution in [0.5, 0.6) is 0 Å². The largest absolute Gasteiger partial charge is 0.443 e. The Morgan fingerprint density at radius 1 is 1.06 bits per heavy atom. The fraction of sp³-hybridized carbons (Fsp3) is 0.880. The van der Waals surface area contributed by atoms with E-state index < -0.39 is 0 Å². The number of carbonyl (C=O) groups is 1. The average molecular weight is 479 g/mol. The Bertz CT molecular complexity index is 808. The highest BCUT2D eigenvalue weighted by atomic mass is 35.5. The smallest absolute Gasteiger partial charge is 0.410 e. The van der Waals surface area contributed by atoms with Gasteiger partial charge in [-0.05, 0) is 58.4 Å². The number of nitrogens with zero attached hydrogens (tertiary/aromatic N) is 3. The first-order chi connectivity index (χ1) is 16.0. The van der Waals surface area contributed by atoms with E-state index in [1.54, 1.807) is 0 Å². The third kappa shape index (κ3) is 5.04. The summed E-state index contributed by atoms with van der Waals surface area (Å²) in [6.07, 6.45) is 14.4. The minimum absolute atomic E-state index is 0.0139. The molecule has 8 heteroatoms. The summed E-state index contributed by atoms with van der Waals surface area (Å²) in [7, 11) is 0. The lowest BCUT2D eigenvalue weighted by molar-refractivity contribution is 0.0518. The number of alkyl halides is 1. The quantitative estimate of drug-likeness (QED) is 0.443. The Morgan fingerprint density at radius 3 is 2.39 bits per heavy atom. The van der Waals surface area contributed by atoms with Crippen LogP contribution in [0.1, 0.15) is 114 Å². The van der Waals surface area contributed by atoms with Crippen LogP contribution in [0.2, 0.25) is 0 Å². The number of nitrogens with one attached hydrogen (secondary N) is 1. The van der Waals surface area contributed by atoms with Crippen molar-refractivity contribution in [2.75, 3.05) is 19.6 Å². The van der Waals surface area contributed by atoms with E-state index in [1.165, 1.54) is 38.5 Å². The van der Waals surface area contributed by atoms with Crippen molar-refractivity contribution in [3.8, 4) is 0 Å². The molecule has 1 spiro atoms. The predicted octanol–water partition coefficient (Wildman–Crippen LogP) is 5.70. The Morgan fingerprint density at radius 2 is 1.73 bits per heavy atom. The van der Waals surface area contributed by atoms with E-state index in [0.717, 1.165) is 63.2 Å². The van der Waals surface area contributed by atoms with Gasteiger partial charge in [-0.1, -0.05) is 43.7 Å². The molecule has 33 heavy (non-hydrogen) atoms. The number of halogens is 1.